The van der Waals surface area contributed by atoms with Gasteiger partial charge in [-0.25, -0.2) is 8.42 Å². The molecule has 1 fully saturated rings. The summed E-state index contributed by atoms with van der Waals surface area (Å²) in [6.45, 7) is 4.24. The zero-order valence-corrected chi connectivity index (χ0v) is 12.4. The molecule has 0 amide bonds. The molecule has 20 heavy (non-hydrogen) atoms. The van der Waals surface area contributed by atoms with Gasteiger partial charge in [-0.05, 0) is 36.5 Å². The number of carbonyl (C=O) groups is 1. The summed E-state index contributed by atoms with van der Waals surface area (Å²) in [5, 5.41) is 9.13. The van der Waals surface area contributed by atoms with Gasteiger partial charge in [0.15, 0.2) is 0 Å². The Morgan fingerprint density at radius 2 is 2.10 bits per heavy atom. The number of nitrogens with zero attached hydrogens (tertiary/aromatic N) is 1. The van der Waals surface area contributed by atoms with Crippen LogP contribution >= 0.6 is 0 Å². The van der Waals surface area contributed by atoms with Crippen LogP contribution in [0.2, 0.25) is 0 Å². The van der Waals surface area contributed by atoms with Gasteiger partial charge < -0.3 is 5.11 Å². The molecule has 110 valence electrons. The minimum Gasteiger partial charge on any atom is -0.480 e. The molecule has 0 radical (unpaired) electrons. The Balaban J connectivity index is 2.40. The van der Waals surface area contributed by atoms with E-state index in [-0.39, 0.29) is 17.4 Å². The standard InChI is InChI=1S/C14H19NO4S/c1-10(2)11-5-3-6-12(9-11)20(18,19)15-8-4-7-13(15)14(16)17/h3,5-6,9-10,13H,4,7-8H2,1-2H3,(H,16,17)/t13-/m1/s1. The largest absolute Gasteiger partial charge is 0.480 e. The van der Waals surface area contributed by atoms with Gasteiger partial charge in [0.2, 0.25) is 10.0 Å². The maximum atomic E-state index is 12.6. The first-order valence-electron chi connectivity index (χ1n) is 6.68. The van der Waals surface area contributed by atoms with E-state index in [1.54, 1.807) is 12.1 Å². The predicted molar refractivity (Wildman–Crippen MR) is 75.1 cm³/mol. The molecule has 1 aliphatic heterocycles. The van der Waals surface area contributed by atoms with Crippen LogP contribution in [0.1, 0.15) is 38.2 Å². The molecule has 0 aliphatic carbocycles. The Kier molecular flexibility index (Phi) is 4.15. The van der Waals surface area contributed by atoms with Crippen molar-refractivity contribution in [1.29, 1.82) is 0 Å². The van der Waals surface area contributed by atoms with Crippen LogP contribution in [-0.2, 0) is 14.8 Å². The van der Waals surface area contributed by atoms with Crippen LogP contribution in [0.3, 0.4) is 0 Å². The fourth-order valence-electron chi connectivity index (χ4n) is 2.44. The highest BCUT2D eigenvalue weighted by atomic mass is 32.2. The lowest BCUT2D eigenvalue weighted by Crippen LogP contribution is -2.40. The maximum absolute atomic E-state index is 12.6. The highest BCUT2D eigenvalue weighted by molar-refractivity contribution is 7.89. The highest BCUT2D eigenvalue weighted by Gasteiger charge is 2.39. The van der Waals surface area contributed by atoms with E-state index in [9.17, 15) is 13.2 Å². The van der Waals surface area contributed by atoms with Crippen LogP contribution in [0.4, 0.5) is 0 Å². The molecule has 1 heterocycles. The number of carboxylic acid groups (broad SMARTS) is 1. The van der Waals surface area contributed by atoms with Crippen LogP contribution in [-0.4, -0.2) is 36.4 Å². The normalized spacial score (nSPS) is 20.4. The Morgan fingerprint density at radius 3 is 2.70 bits per heavy atom. The number of benzene rings is 1. The number of carboxylic acids is 1. The van der Waals surface area contributed by atoms with E-state index >= 15 is 0 Å². The van der Waals surface area contributed by atoms with Gasteiger partial charge in [-0.3, -0.25) is 4.79 Å². The lowest BCUT2D eigenvalue weighted by Gasteiger charge is -2.21. The minimum absolute atomic E-state index is 0.178. The third-order valence-corrected chi connectivity index (χ3v) is 5.52. The minimum atomic E-state index is -3.74. The van der Waals surface area contributed by atoms with E-state index in [1.165, 1.54) is 6.07 Å². The molecule has 0 spiro atoms. The third kappa shape index (κ3) is 2.71. The first-order chi connectivity index (χ1) is 9.34. The SMILES string of the molecule is CC(C)c1cccc(S(=O)(=O)N2CCC[C@@H]2C(=O)O)c1. The lowest BCUT2D eigenvalue weighted by molar-refractivity contribution is -0.140. The summed E-state index contributed by atoms with van der Waals surface area (Å²) in [5.41, 5.74) is 0.928. The average molecular weight is 297 g/mol. The third-order valence-electron chi connectivity index (χ3n) is 3.62. The maximum Gasteiger partial charge on any atom is 0.322 e. The molecule has 0 unspecified atom stereocenters. The first-order valence-corrected chi connectivity index (χ1v) is 8.12. The zero-order valence-electron chi connectivity index (χ0n) is 11.6. The predicted octanol–water partition coefficient (Wildman–Crippen LogP) is 2.05. The van der Waals surface area contributed by atoms with E-state index in [1.807, 2.05) is 19.9 Å². The molecule has 1 aromatic rings. The molecule has 6 heteroatoms. The fraction of sp³-hybridized carbons (Fsp3) is 0.500. The summed E-state index contributed by atoms with van der Waals surface area (Å²) in [6, 6.07) is 5.80. The van der Waals surface area contributed by atoms with Crippen LogP contribution in [0, 0.1) is 0 Å². The van der Waals surface area contributed by atoms with Crippen molar-refractivity contribution in [2.24, 2.45) is 0 Å². The van der Waals surface area contributed by atoms with Crippen LogP contribution in [0.15, 0.2) is 29.2 Å². The number of aliphatic carboxylic acids is 1. The molecule has 2 rings (SSSR count). The molecule has 5 nitrogen and oxygen atoms in total. The van der Waals surface area contributed by atoms with Crippen molar-refractivity contribution in [2.75, 3.05) is 6.54 Å². The van der Waals surface area contributed by atoms with Crippen LogP contribution < -0.4 is 0 Å². The van der Waals surface area contributed by atoms with Crippen molar-refractivity contribution in [3.05, 3.63) is 29.8 Å². The Hall–Kier alpha value is -1.40. The topological polar surface area (TPSA) is 74.7 Å². The first kappa shape index (κ1) is 15.0. The van der Waals surface area contributed by atoms with E-state index in [0.717, 1.165) is 9.87 Å². The Labute approximate surface area is 119 Å². The molecule has 0 saturated carbocycles. The van der Waals surface area contributed by atoms with Crippen LogP contribution in [0.5, 0.6) is 0 Å². The Morgan fingerprint density at radius 1 is 1.40 bits per heavy atom. The van der Waals surface area contributed by atoms with Crippen molar-refractivity contribution in [2.45, 2.75) is 43.5 Å². The summed E-state index contributed by atoms with van der Waals surface area (Å²) in [4.78, 5) is 11.3. The molecule has 1 atom stereocenters. The van der Waals surface area contributed by atoms with Gasteiger partial charge in [0.1, 0.15) is 6.04 Å². The molecular formula is C14H19NO4S. The summed E-state index contributed by atoms with van der Waals surface area (Å²) >= 11 is 0. The van der Waals surface area contributed by atoms with Crippen molar-refractivity contribution < 1.29 is 18.3 Å². The second-order valence-corrected chi connectivity index (χ2v) is 7.23. The summed E-state index contributed by atoms with van der Waals surface area (Å²) < 4.78 is 26.3. The summed E-state index contributed by atoms with van der Waals surface area (Å²) in [6.07, 6.45) is 0.957. The smallest absolute Gasteiger partial charge is 0.322 e. The summed E-state index contributed by atoms with van der Waals surface area (Å²) in [7, 11) is -3.74. The molecule has 0 bridgehead atoms. The zero-order chi connectivity index (χ0) is 14.9. The van der Waals surface area contributed by atoms with Gasteiger partial charge in [-0.1, -0.05) is 26.0 Å². The second kappa shape index (κ2) is 5.54. The number of sulfonamides is 1. The van der Waals surface area contributed by atoms with Crippen molar-refractivity contribution >= 4 is 16.0 Å². The van der Waals surface area contributed by atoms with E-state index in [0.29, 0.717) is 12.8 Å². The Bertz CT molecular complexity index is 609. The molecule has 1 aliphatic rings. The fourth-order valence-corrected chi connectivity index (χ4v) is 4.15. The summed E-state index contributed by atoms with van der Waals surface area (Å²) in [5.74, 6) is -0.856. The number of hydrogen-bond donors (Lipinski definition) is 1. The van der Waals surface area contributed by atoms with E-state index in [4.69, 9.17) is 5.11 Å². The van der Waals surface area contributed by atoms with Crippen LogP contribution in [0.25, 0.3) is 0 Å². The number of rotatable bonds is 4. The molecular weight excluding hydrogens is 278 g/mol. The quantitative estimate of drug-likeness (QED) is 0.923. The number of hydrogen-bond acceptors (Lipinski definition) is 3. The monoisotopic (exact) mass is 297 g/mol. The van der Waals surface area contributed by atoms with Gasteiger partial charge in [0.05, 0.1) is 4.90 Å². The molecule has 1 aromatic carbocycles. The molecule has 0 aromatic heterocycles. The van der Waals surface area contributed by atoms with Gasteiger partial charge in [-0.15, -0.1) is 0 Å². The van der Waals surface area contributed by atoms with E-state index < -0.39 is 22.0 Å². The van der Waals surface area contributed by atoms with E-state index in [2.05, 4.69) is 0 Å². The van der Waals surface area contributed by atoms with Crippen molar-refractivity contribution in [1.82, 2.24) is 4.31 Å². The average Bonchev–Trinajstić information content (AvgIpc) is 2.89. The molecule has 1 N–H and O–H groups in total. The van der Waals surface area contributed by atoms with Gasteiger partial charge in [0.25, 0.3) is 0 Å². The van der Waals surface area contributed by atoms with Gasteiger partial charge in [0, 0.05) is 6.54 Å². The second-order valence-electron chi connectivity index (χ2n) is 5.34. The van der Waals surface area contributed by atoms with Crippen molar-refractivity contribution in [3.8, 4) is 0 Å². The lowest BCUT2D eigenvalue weighted by atomic mass is 10.0. The van der Waals surface area contributed by atoms with Gasteiger partial charge in [-0.2, -0.15) is 4.31 Å². The van der Waals surface area contributed by atoms with Gasteiger partial charge >= 0.3 is 5.97 Å². The highest BCUT2D eigenvalue weighted by Crippen LogP contribution is 2.27. The molecule has 1 saturated heterocycles. The van der Waals surface area contributed by atoms with Crippen molar-refractivity contribution in [3.63, 3.8) is 0 Å².